The Kier molecular flexibility index (Phi) is 6.65. The molecule has 0 aliphatic carbocycles. The lowest BCUT2D eigenvalue weighted by atomic mass is 10.1. The van der Waals surface area contributed by atoms with Crippen molar-refractivity contribution in [1.29, 1.82) is 0 Å². The molecule has 1 unspecified atom stereocenters. The first kappa shape index (κ1) is 21.5. The van der Waals surface area contributed by atoms with Crippen LogP contribution in [0.5, 0.6) is 0 Å². The van der Waals surface area contributed by atoms with Crippen LogP contribution in [0.2, 0.25) is 0 Å². The van der Waals surface area contributed by atoms with Gasteiger partial charge in [-0.1, -0.05) is 84.9 Å². The Balaban J connectivity index is 0.00000231. The number of hydrogen-bond acceptors (Lipinski definition) is 2. The molecule has 154 valence electrons. The second-order valence-corrected chi connectivity index (χ2v) is 10.9. The van der Waals surface area contributed by atoms with Crippen molar-refractivity contribution in [3.05, 3.63) is 127 Å². The van der Waals surface area contributed by atoms with E-state index in [1.165, 1.54) is 26.9 Å². The summed E-state index contributed by atoms with van der Waals surface area (Å²) in [5.74, 6) is 0. The Hall–Kier alpha value is -2.74. The van der Waals surface area contributed by atoms with E-state index in [1.807, 2.05) is 0 Å². The second kappa shape index (κ2) is 9.60. The van der Waals surface area contributed by atoms with Crippen LogP contribution in [0.25, 0.3) is 0 Å². The number of hydrazone groups is 1. The van der Waals surface area contributed by atoms with Crippen LogP contribution >= 0.6 is 7.26 Å². The molecule has 5 rings (SSSR count). The molecule has 0 bridgehead atoms. The lowest BCUT2D eigenvalue weighted by Gasteiger charge is -2.26. The van der Waals surface area contributed by atoms with Crippen molar-refractivity contribution in [3.63, 3.8) is 0 Å². The highest BCUT2D eigenvalue weighted by atomic mass is 79.9. The molecular weight excluding hydrogens is 463 g/mol. The van der Waals surface area contributed by atoms with Gasteiger partial charge in [-0.3, -0.25) is 5.43 Å². The normalized spacial score (nSPS) is 15.5. The topological polar surface area (TPSA) is 24.4 Å². The van der Waals surface area contributed by atoms with E-state index in [2.05, 4.69) is 127 Å². The van der Waals surface area contributed by atoms with Gasteiger partial charge in [0.15, 0.2) is 12.7 Å². The molecule has 4 aromatic rings. The molecule has 0 amide bonds. The van der Waals surface area contributed by atoms with Crippen LogP contribution in [0.15, 0.2) is 126 Å². The predicted molar refractivity (Wildman–Crippen MR) is 130 cm³/mol. The Morgan fingerprint density at radius 2 is 0.968 bits per heavy atom. The average molecular weight is 487 g/mol. The number of nitrogens with one attached hydrogen (secondary N) is 1. The summed E-state index contributed by atoms with van der Waals surface area (Å²) in [5.41, 5.74) is 5.98. The average Bonchev–Trinajstić information content (AvgIpc) is 3.33. The summed E-state index contributed by atoms with van der Waals surface area (Å²) in [7, 11) is -2.07. The van der Waals surface area contributed by atoms with Crippen molar-refractivity contribution in [2.45, 2.75) is 12.5 Å². The first-order valence-electron chi connectivity index (χ1n) is 10.3. The van der Waals surface area contributed by atoms with Gasteiger partial charge in [-0.2, -0.15) is 0 Å². The quantitative estimate of drug-likeness (QED) is 0.429. The minimum absolute atomic E-state index is 0. The van der Waals surface area contributed by atoms with Crippen LogP contribution in [0.4, 0.5) is 0 Å². The summed E-state index contributed by atoms with van der Waals surface area (Å²) in [4.78, 5) is 0. The summed E-state index contributed by atoms with van der Waals surface area (Å²) in [6.07, 6.45) is 0.899. The second-order valence-electron chi connectivity index (χ2n) is 7.50. The van der Waals surface area contributed by atoms with Gasteiger partial charge in [0.1, 0.15) is 15.9 Å². The van der Waals surface area contributed by atoms with Gasteiger partial charge in [-0.25, -0.2) is 0 Å². The van der Waals surface area contributed by atoms with Crippen LogP contribution in [-0.2, 0) is 0 Å². The molecule has 0 spiro atoms. The van der Waals surface area contributed by atoms with E-state index < -0.39 is 7.26 Å². The van der Waals surface area contributed by atoms with E-state index >= 15 is 0 Å². The van der Waals surface area contributed by atoms with E-state index in [4.69, 9.17) is 5.10 Å². The molecule has 1 atom stereocenters. The fourth-order valence-corrected chi connectivity index (χ4v) is 8.68. The fraction of sp³-hybridized carbons (Fsp3) is 0.0741. The Bertz CT molecular complexity index is 1040. The standard InChI is InChI=1S/C27H24N2P.BrH/c1-5-13-22(14-6-1)26-21-27(29-28-26)30(23-15-7-2-8-16-23,24-17-9-3-10-18-24)25-19-11-4-12-20-25;/h1-20,26,28H,21H2;1H/q+1;/p-1. The van der Waals surface area contributed by atoms with Crippen molar-refractivity contribution in [1.82, 2.24) is 5.43 Å². The molecule has 0 fully saturated rings. The molecule has 0 aromatic heterocycles. The monoisotopic (exact) mass is 486 g/mol. The van der Waals surface area contributed by atoms with Crippen molar-refractivity contribution in [3.8, 4) is 0 Å². The molecule has 1 aliphatic rings. The Morgan fingerprint density at radius 3 is 1.39 bits per heavy atom. The molecule has 4 heteroatoms. The van der Waals surface area contributed by atoms with Gasteiger partial charge in [0, 0.05) is 0 Å². The third-order valence-corrected chi connectivity index (χ3v) is 10.0. The lowest BCUT2D eigenvalue weighted by molar-refractivity contribution is -0.00000580. The molecule has 1 heterocycles. The summed E-state index contributed by atoms with van der Waals surface area (Å²) in [5, 5.41) is 9.04. The molecular formula is C27H24BrN2P. The van der Waals surface area contributed by atoms with Crippen LogP contribution in [-0.4, -0.2) is 5.45 Å². The number of nitrogens with zero attached hydrogens (tertiary/aromatic N) is 1. The van der Waals surface area contributed by atoms with Crippen LogP contribution in [0, 0.1) is 0 Å². The van der Waals surface area contributed by atoms with E-state index in [0.29, 0.717) is 0 Å². The van der Waals surface area contributed by atoms with Gasteiger partial charge in [0.05, 0.1) is 12.5 Å². The Labute approximate surface area is 195 Å². The molecule has 2 nitrogen and oxygen atoms in total. The molecule has 0 saturated heterocycles. The SMILES string of the molecule is [Br-].c1ccc(C2CC([P+](c3ccccc3)(c3ccccc3)c3ccccc3)=NN2)cc1. The van der Waals surface area contributed by atoms with Gasteiger partial charge in [-0.05, 0) is 42.0 Å². The summed E-state index contributed by atoms with van der Waals surface area (Å²) >= 11 is 0. The van der Waals surface area contributed by atoms with Crippen molar-refractivity contribution in [2.75, 3.05) is 0 Å². The third kappa shape index (κ3) is 3.96. The highest BCUT2D eigenvalue weighted by molar-refractivity contribution is 8.08. The van der Waals surface area contributed by atoms with Gasteiger partial charge in [0.25, 0.3) is 0 Å². The maximum atomic E-state index is 5.01. The van der Waals surface area contributed by atoms with Gasteiger partial charge < -0.3 is 17.0 Å². The van der Waals surface area contributed by atoms with Crippen molar-refractivity contribution < 1.29 is 17.0 Å². The number of benzene rings is 4. The van der Waals surface area contributed by atoms with E-state index in [9.17, 15) is 0 Å². The van der Waals surface area contributed by atoms with Gasteiger partial charge >= 0.3 is 0 Å². The van der Waals surface area contributed by atoms with E-state index in [-0.39, 0.29) is 23.0 Å². The smallest absolute Gasteiger partial charge is 0.194 e. The highest BCUT2D eigenvalue weighted by Gasteiger charge is 2.53. The first-order chi connectivity index (χ1) is 14.9. The fourth-order valence-electron chi connectivity index (χ4n) is 4.37. The van der Waals surface area contributed by atoms with Gasteiger partial charge in [0.2, 0.25) is 0 Å². The van der Waals surface area contributed by atoms with E-state index in [0.717, 1.165) is 6.42 Å². The first-order valence-corrected chi connectivity index (χ1v) is 12.1. The molecule has 4 aromatic carbocycles. The molecule has 0 saturated carbocycles. The molecule has 0 radical (unpaired) electrons. The molecule has 31 heavy (non-hydrogen) atoms. The zero-order valence-electron chi connectivity index (χ0n) is 17.1. The summed E-state index contributed by atoms with van der Waals surface area (Å²) in [6, 6.07) is 43.6. The third-order valence-electron chi connectivity index (χ3n) is 5.76. The molecule has 1 aliphatic heterocycles. The Morgan fingerprint density at radius 1 is 0.581 bits per heavy atom. The van der Waals surface area contributed by atoms with Crippen LogP contribution < -0.4 is 38.3 Å². The van der Waals surface area contributed by atoms with Crippen LogP contribution in [0.3, 0.4) is 0 Å². The predicted octanol–water partition coefficient (Wildman–Crippen LogP) is 2.03. The number of hydrogen-bond donors (Lipinski definition) is 1. The van der Waals surface area contributed by atoms with Crippen molar-refractivity contribution >= 4 is 28.6 Å². The number of rotatable bonds is 5. The number of halogens is 1. The summed E-state index contributed by atoms with van der Waals surface area (Å²) in [6.45, 7) is 0. The maximum absolute atomic E-state index is 5.01. The minimum atomic E-state index is -2.07. The van der Waals surface area contributed by atoms with Gasteiger partial charge in [-0.15, -0.1) is 5.10 Å². The summed E-state index contributed by atoms with van der Waals surface area (Å²) < 4.78 is 0. The molecule has 1 N–H and O–H groups in total. The minimum Gasteiger partial charge on any atom is -1.00 e. The van der Waals surface area contributed by atoms with Crippen molar-refractivity contribution in [2.24, 2.45) is 5.10 Å². The largest absolute Gasteiger partial charge is 1.00 e. The van der Waals surface area contributed by atoms with E-state index in [1.54, 1.807) is 0 Å². The maximum Gasteiger partial charge on any atom is 0.194 e. The lowest BCUT2D eigenvalue weighted by Crippen LogP contribution is -3.00. The van der Waals surface area contributed by atoms with Crippen LogP contribution in [0.1, 0.15) is 18.0 Å². The highest BCUT2D eigenvalue weighted by Crippen LogP contribution is 2.59. The zero-order valence-corrected chi connectivity index (χ0v) is 19.6. The zero-order chi connectivity index (χ0) is 20.2.